The third-order valence-electron chi connectivity index (χ3n) is 5.57. The number of ketones is 1. The summed E-state index contributed by atoms with van der Waals surface area (Å²) in [7, 11) is 4.65. The molecule has 1 amide bonds. The Bertz CT molecular complexity index is 954. The minimum Gasteiger partial charge on any atom is -0.493 e. The highest BCUT2D eigenvalue weighted by Gasteiger charge is 2.39. The van der Waals surface area contributed by atoms with Crippen molar-refractivity contribution in [3.63, 3.8) is 0 Å². The van der Waals surface area contributed by atoms with E-state index in [0.29, 0.717) is 35.7 Å². The Morgan fingerprint density at radius 3 is 2.31 bits per heavy atom. The van der Waals surface area contributed by atoms with E-state index >= 15 is 0 Å². The molecule has 2 aliphatic rings. The van der Waals surface area contributed by atoms with Gasteiger partial charge in [-0.1, -0.05) is 6.07 Å². The molecule has 6 nitrogen and oxygen atoms in total. The highest BCUT2D eigenvalue weighted by Crippen LogP contribution is 2.46. The average Bonchev–Trinajstić information content (AvgIpc) is 3.26. The van der Waals surface area contributed by atoms with Crippen molar-refractivity contribution in [3.05, 3.63) is 51.4 Å². The molecule has 4 rings (SSSR count). The van der Waals surface area contributed by atoms with Gasteiger partial charge in [-0.05, 0) is 35.6 Å². The molecule has 29 heavy (non-hydrogen) atoms. The Kier molecular flexibility index (Phi) is 5.32. The van der Waals surface area contributed by atoms with Crippen molar-refractivity contribution in [3.8, 4) is 17.2 Å². The van der Waals surface area contributed by atoms with Crippen molar-refractivity contribution in [2.45, 2.75) is 31.1 Å². The summed E-state index contributed by atoms with van der Waals surface area (Å²) in [5.74, 6) is 1.29. The fraction of sp³-hybridized carbons (Fsp3) is 0.364. The van der Waals surface area contributed by atoms with Gasteiger partial charge in [-0.15, -0.1) is 11.3 Å². The first-order valence-electron chi connectivity index (χ1n) is 9.45. The molecule has 0 spiro atoms. The van der Waals surface area contributed by atoms with Gasteiger partial charge in [0.05, 0.1) is 21.3 Å². The Labute approximate surface area is 173 Å². The van der Waals surface area contributed by atoms with Gasteiger partial charge in [-0.3, -0.25) is 9.59 Å². The predicted molar refractivity (Wildman–Crippen MR) is 110 cm³/mol. The van der Waals surface area contributed by atoms with Crippen LogP contribution >= 0.6 is 11.3 Å². The molecule has 0 fully saturated rings. The quantitative estimate of drug-likeness (QED) is 0.808. The molecular weight excluding hydrogens is 390 g/mol. The van der Waals surface area contributed by atoms with E-state index in [2.05, 4.69) is 11.4 Å². The van der Waals surface area contributed by atoms with E-state index in [4.69, 9.17) is 14.2 Å². The van der Waals surface area contributed by atoms with E-state index in [9.17, 15) is 9.59 Å². The molecule has 152 valence electrons. The lowest BCUT2D eigenvalue weighted by molar-refractivity contribution is -0.122. The van der Waals surface area contributed by atoms with Crippen LogP contribution in [0.3, 0.4) is 0 Å². The molecule has 0 saturated heterocycles. The van der Waals surface area contributed by atoms with E-state index in [1.165, 1.54) is 4.88 Å². The maximum absolute atomic E-state index is 13.2. The molecular formula is C22H23NO5S. The van der Waals surface area contributed by atoms with Crippen LogP contribution < -0.4 is 19.5 Å². The van der Waals surface area contributed by atoms with Crippen LogP contribution in [0.5, 0.6) is 17.2 Å². The molecule has 0 radical (unpaired) electrons. The van der Waals surface area contributed by atoms with Crippen LogP contribution in [0.2, 0.25) is 0 Å². The van der Waals surface area contributed by atoms with E-state index in [-0.39, 0.29) is 29.9 Å². The number of allylic oxidation sites excluding steroid dienone is 2. The number of hydrogen-bond acceptors (Lipinski definition) is 6. The summed E-state index contributed by atoms with van der Waals surface area (Å²) in [6.45, 7) is 0. The van der Waals surface area contributed by atoms with Crippen molar-refractivity contribution in [2.24, 2.45) is 0 Å². The second kappa shape index (κ2) is 7.91. The van der Waals surface area contributed by atoms with Crippen molar-refractivity contribution < 1.29 is 23.8 Å². The zero-order valence-corrected chi connectivity index (χ0v) is 17.4. The van der Waals surface area contributed by atoms with E-state index < -0.39 is 0 Å². The summed E-state index contributed by atoms with van der Waals surface area (Å²) in [6.07, 6.45) is 1.33. The van der Waals surface area contributed by atoms with Crippen LogP contribution in [0.4, 0.5) is 0 Å². The lowest BCUT2D eigenvalue weighted by Crippen LogP contribution is -2.38. The number of nitrogens with one attached hydrogen (secondary N) is 1. The third kappa shape index (κ3) is 3.51. The van der Waals surface area contributed by atoms with Gasteiger partial charge < -0.3 is 19.5 Å². The minimum atomic E-state index is -0.329. The number of ether oxygens (including phenoxy) is 3. The minimum absolute atomic E-state index is 0.0814. The van der Waals surface area contributed by atoms with Crippen molar-refractivity contribution in [1.82, 2.24) is 5.32 Å². The summed E-state index contributed by atoms with van der Waals surface area (Å²) in [5.41, 5.74) is 2.26. The summed E-state index contributed by atoms with van der Waals surface area (Å²) < 4.78 is 16.3. The van der Waals surface area contributed by atoms with Gasteiger partial charge in [-0.2, -0.15) is 0 Å². The topological polar surface area (TPSA) is 73.9 Å². The second-order valence-electron chi connectivity index (χ2n) is 7.20. The molecule has 1 aromatic heterocycles. The summed E-state index contributed by atoms with van der Waals surface area (Å²) in [4.78, 5) is 26.8. The molecule has 7 heteroatoms. The number of rotatable bonds is 5. The Hall–Kier alpha value is -2.80. The highest BCUT2D eigenvalue weighted by molar-refractivity contribution is 7.10. The number of thiophene rings is 1. The fourth-order valence-electron chi connectivity index (χ4n) is 4.27. The lowest BCUT2D eigenvalue weighted by atomic mass is 9.74. The molecule has 1 aromatic carbocycles. The molecule has 1 N–H and O–H groups in total. The zero-order chi connectivity index (χ0) is 20.5. The zero-order valence-electron chi connectivity index (χ0n) is 16.6. The predicted octanol–water partition coefficient (Wildman–Crippen LogP) is 3.78. The molecule has 2 heterocycles. The number of carbonyl (C=O) groups is 2. The number of carbonyl (C=O) groups excluding carboxylic acids is 2. The van der Waals surface area contributed by atoms with Gasteiger partial charge >= 0.3 is 0 Å². The first-order chi connectivity index (χ1) is 14.0. The standard InChI is InChI=1S/C22H23NO5S/c1-26-17-9-12(10-18(27-2)22(17)28-3)14-11-20(25)23-15-7-13(8-16(24)21(14)15)19-5-4-6-29-19/h4-6,9-10,13-14H,7-8,11H2,1-3H3,(H,23,25). The molecule has 0 saturated carbocycles. The summed E-state index contributed by atoms with van der Waals surface area (Å²) in [6, 6.07) is 7.70. The normalized spacial score (nSPS) is 21.5. The number of methoxy groups -OCH3 is 3. The van der Waals surface area contributed by atoms with E-state index in [1.54, 1.807) is 32.7 Å². The van der Waals surface area contributed by atoms with Gasteiger partial charge in [0.25, 0.3) is 0 Å². The van der Waals surface area contributed by atoms with Gasteiger partial charge in [-0.25, -0.2) is 0 Å². The fourth-order valence-corrected chi connectivity index (χ4v) is 5.10. The van der Waals surface area contributed by atoms with Gasteiger partial charge in [0, 0.05) is 40.8 Å². The van der Waals surface area contributed by atoms with Crippen LogP contribution in [-0.2, 0) is 9.59 Å². The maximum Gasteiger partial charge on any atom is 0.225 e. The molecule has 2 unspecified atom stereocenters. The van der Waals surface area contributed by atoms with Gasteiger partial charge in [0.2, 0.25) is 11.7 Å². The van der Waals surface area contributed by atoms with Gasteiger partial charge in [0.1, 0.15) is 0 Å². The van der Waals surface area contributed by atoms with Crippen molar-refractivity contribution in [1.29, 1.82) is 0 Å². The first kappa shape index (κ1) is 19.5. The van der Waals surface area contributed by atoms with Crippen LogP contribution in [0.25, 0.3) is 0 Å². The highest BCUT2D eigenvalue weighted by atomic mass is 32.1. The molecule has 1 aliphatic heterocycles. The monoisotopic (exact) mass is 413 g/mol. The second-order valence-corrected chi connectivity index (χ2v) is 8.18. The Morgan fingerprint density at radius 1 is 1.00 bits per heavy atom. The van der Waals surface area contributed by atoms with Crippen molar-refractivity contribution >= 4 is 23.0 Å². The smallest absolute Gasteiger partial charge is 0.225 e. The van der Waals surface area contributed by atoms with Crippen LogP contribution in [0.1, 0.15) is 41.5 Å². The molecule has 2 aromatic rings. The molecule has 1 aliphatic carbocycles. The number of amides is 1. The summed E-state index contributed by atoms with van der Waals surface area (Å²) >= 11 is 1.65. The SMILES string of the molecule is COc1cc(C2CC(=O)NC3=C2C(=O)CC(c2cccs2)C3)cc(OC)c1OC. The van der Waals surface area contributed by atoms with Crippen molar-refractivity contribution in [2.75, 3.05) is 21.3 Å². The van der Waals surface area contributed by atoms with E-state index in [1.807, 2.05) is 23.6 Å². The molecule has 0 bridgehead atoms. The van der Waals surface area contributed by atoms with Crippen LogP contribution in [0, 0.1) is 0 Å². The lowest BCUT2D eigenvalue weighted by Gasteiger charge is -2.34. The first-order valence-corrected chi connectivity index (χ1v) is 10.3. The maximum atomic E-state index is 13.2. The molecule has 2 atom stereocenters. The largest absolute Gasteiger partial charge is 0.493 e. The Morgan fingerprint density at radius 2 is 1.72 bits per heavy atom. The summed E-state index contributed by atoms with van der Waals surface area (Å²) in [5, 5.41) is 4.97. The number of benzene rings is 1. The average molecular weight is 413 g/mol. The van der Waals surface area contributed by atoms with Crippen LogP contribution in [-0.4, -0.2) is 33.0 Å². The van der Waals surface area contributed by atoms with E-state index in [0.717, 1.165) is 11.3 Å². The van der Waals surface area contributed by atoms with Crippen LogP contribution in [0.15, 0.2) is 40.9 Å². The van der Waals surface area contributed by atoms with Gasteiger partial charge in [0.15, 0.2) is 17.3 Å². The third-order valence-corrected chi connectivity index (χ3v) is 6.61. The number of Topliss-reactive ketones (excluding diaryl/α,β-unsaturated/α-hetero) is 1. The Balaban J connectivity index is 1.77. The number of hydrogen-bond donors (Lipinski definition) is 1.